The van der Waals surface area contributed by atoms with Gasteiger partial charge in [-0.05, 0) is 48.7 Å². The Labute approximate surface area is 203 Å². The summed E-state index contributed by atoms with van der Waals surface area (Å²) >= 11 is 18.5. The molecule has 1 heterocycles. The lowest BCUT2D eigenvalue weighted by Crippen LogP contribution is -2.40. The van der Waals surface area contributed by atoms with Crippen molar-refractivity contribution in [2.75, 3.05) is 18.0 Å². The van der Waals surface area contributed by atoms with Gasteiger partial charge in [-0.2, -0.15) is 5.26 Å². The second-order valence-electron chi connectivity index (χ2n) is 8.18. The number of benzene rings is 2. The number of hydrogen-bond donors (Lipinski definition) is 0. The van der Waals surface area contributed by atoms with Crippen molar-refractivity contribution in [3.63, 3.8) is 0 Å². The summed E-state index contributed by atoms with van der Waals surface area (Å²) in [5, 5.41) is 9.89. The van der Waals surface area contributed by atoms with E-state index < -0.39 is 5.82 Å². The van der Waals surface area contributed by atoms with Gasteiger partial charge >= 0.3 is 0 Å². The Hall–Kier alpha value is -2.00. The van der Waals surface area contributed by atoms with Gasteiger partial charge < -0.3 is 9.80 Å². The third kappa shape index (κ3) is 5.49. The first kappa shape index (κ1) is 24.6. The molecule has 1 aliphatic heterocycles. The van der Waals surface area contributed by atoms with Crippen LogP contribution in [0.15, 0.2) is 30.3 Å². The smallest absolute Gasteiger partial charge is 0.225 e. The molecule has 8 heteroatoms. The Bertz CT molecular complexity index is 1040. The van der Waals surface area contributed by atoms with E-state index in [9.17, 15) is 14.4 Å². The third-order valence-electron chi connectivity index (χ3n) is 5.89. The highest BCUT2D eigenvalue weighted by atomic mass is 35.5. The summed E-state index contributed by atoms with van der Waals surface area (Å²) in [5.41, 5.74) is 1.74. The number of carbonyl (C=O) groups excluding carboxylic acids is 1. The fraction of sp³-hybridized carbons (Fsp3) is 0.417. The lowest BCUT2D eigenvalue weighted by atomic mass is 10.1. The van der Waals surface area contributed by atoms with E-state index in [1.807, 2.05) is 17.9 Å². The fourth-order valence-electron chi connectivity index (χ4n) is 4.14. The van der Waals surface area contributed by atoms with Crippen molar-refractivity contribution in [1.29, 1.82) is 5.26 Å². The van der Waals surface area contributed by atoms with Gasteiger partial charge in [0.2, 0.25) is 5.91 Å². The highest BCUT2D eigenvalue weighted by Crippen LogP contribution is 2.32. The van der Waals surface area contributed by atoms with Crippen LogP contribution in [0.1, 0.15) is 44.2 Å². The van der Waals surface area contributed by atoms with E-state index in [1.165, 1.54) is 12.1 Å². The van der Waals surface area contributed by atoms with Crippen LogP contribution in [0, 0.1) is 23.1 Å². The average Bonchev–Trinajstić information content (AvgIpc) is 3.24. The highest BCUT2D eigenvalue weighted by Gasteiger charge is 2.33. The monoisotopic (exact) mass is 495 g/mol. The summed E-state index contributed by atoms with van der Waals surface area (Å²) in [6.45, 7) is 5.56. The first-order chi connectivity index (χ1) is 15.2. The van der Waals surface area contributed by atoms with Crippen molar-refractivity contribution < 1.29 is 9.18 Å². The molecule has 1 unspecified atom stereocenters. The van der Waals surface area contributed by atoms with Crippen LogP contribution < -0.4 is 4.90 Å². The molecule has 2 aromatic carbocycles. The molecule has 0 saturated carbocycles. The zero-order valence-electron chi connectivity index (χ0n) is 18.0. The number of nitriles is 1. The van der Waals surface area contributed by atoms with Crippen molar-refractivity contribution in [2.24, 2.45) is 5.92 Å². The van der Waals surface area contributed by atoms with Crippen molar-refractivity contribution in [3.8, 4) is 6.07 Å². The second kappa shape index (κ2) is 10.7. The van der Waals surface area contributed by atoms with Crippen molar-refractivity contribution in [2.45, 2.75) is 45.7 Å². The van der Waals surface area contributed by atoms with Gasteiger partial charge in [-0.3, -0.25) is 4.79 Å². The number of carbonyl (C=O) groups is 1. The normalized spacial score (nSPS) is 16.7. The number of likely N-dealkylation sites (tertiary alicyclic amines) is 1. The molecule has 3 rings (SSSR count). The summed E-state index contributed by atoms with van der Waals surface area (Å²) in [7, 11) is 0. The SMILES string of the molecule is CCCC(C)C(=O)N1CC[C@H](N(Cc2cc(F)c(Cl)cc2Cl)c2ccc(C#N)c(Cl)c2)C1. The van der Waals surface area contributed by atoms with E-state index in [4.69, 9.17) is 34.8 Å². The largest absolute Gasteiger partial charge is 0.362 e. The summed E-state index contributed by atoms with van der Waals surface area (Å²) in [5.74, 6) is -0.403. The van der Waals surface area contributed by atoms with Crippen LogP contribution in [0.25, 0.3) is 0 Å². The standard InChI is InChI=1S/C24H25Cl3FN3O/c1-3-4-15(2)24(32)30-8-7-19(14-30)31(18-6-5-16(12-29)20(25)10-18)13-17-9-23(28)22(27)11-21(17)26/h5-6,9-11,15,19H,3-4,7-8,13-14H2,1-2H3/t15?,19-/m0/s1. The molecular weight excluding hydrogens is 472 g/mol. The van der Waals surface area contributed by atoms with E-state index in [1.54, 1.807) is 12.1 Å². The molecular formula is C24H25Cl3FN3O. The van der Waals surface area contributed by atoms with Gasteiger partial charge in [0, 0.05) is 42.3 Å². The maximum Gasteiger partial charge on any atom is 0.225 e. The average molecular weight is 497 g/mol. The van der Waals surface area contributed by atoms with Crippen LogP contribution >= 0.6 is 34.8 Å². The van der Waals surface area contributed by atoms with Gasteiger partial charge in [0.15, 0.2) is 0 Å². The zero-order valence-corrected chi connectivity index (χ0v) is 20.3. The molecule has 1 aliphatic rings. The third-order valence-corrected chi connectivity index (χ3v) is 6.85. The molecule has 32 heavy (non-hydrogen) atoms. The van der Waals surface area contributed by atoms with Gasteiger partial charge in [0.05, 0.1) is 15.6 Å². The topological polar surface area (TPSA) is 47.3 Å². The molecule has 0 radical (unpaired) electrons. The molecule has 0 bridgehead atoms. The molecule has 0 aliphatic carbocycles. The van der Waals surface area contributed by atoms with E-state index in [0.29, 0.717) is 40.8 Å². The maximum atomic E-state index is 14.2. The van der Waals surface area contributed by atoms with Gasteiger partial charge in [-0.1, -0.05) is 55.1 Å². The Morgan fingerprint density at radius 1 is 1.25 bits per heavy atom. The summed E-state index contributed by atoms with van der Waals surface area (Å²) in [4.78, 5) is 16.8. The Kier molecular flexibility index (Phi) is 8.27. The van der Waals surface area contributed by atoms with E-state index in [2.05, 4.69) is 17.9 Å². The molecule has 0 spiro atoms. The summed E-state index contributed by atoms with van der Waals surface area (Å²) < 4.78 is 14.2. The quantitative estimate of drug-likeness (QED) is 0.401. The molecule has 2 atom stereocenters. The van der Waals surface area contributed by atoms with Gasteiger partial charge in [-0.15, -0.1) is 0 Å². The van der Waals surface area contributed by atoms with Crippen LogP contribution in [0.5, 0.6) is 0 Å². The van der Waals surface area contributed by atoms with Crippen LogP contribution in [0.3, 0.4) is 0 Å². The summed E-state index contributed by atoms with van der Waals surface area (Å²) in [6.07, 6.45) is 2.57. The van der Waals surface area contributed by atoms with Crippen molar-refractivity contribution >= 4 is 46.4 Å². The minimum Gasteiger partial charge on any atom is -0.362 e. The predicted octanol–water partition coefficient (Wildman–Crippen LogP) is 6.70. The fourth-order valence-corrected chi connectivity index (χ4v) is 4.80. The Morgan fingerprint density at radius 2 is 2.00 bits per heavy atom. The van der Waals surface area contributed by atoms with Gasteiger partial charge in [-0.25, -0.2) is 4.39 Å². The zero-order chi connectivity index (χ0) is 23.4. The lowest BCUT2D eigenvalue weighted by molar-refractivity contribution is -0.134. The van der Waals surface area contributed by atoms with E-state index >= 15 is 0 Å². The number of halogens is 4. The molecule has 1 fully saturated rings. The van der Waals surface area contributed by atoms with Gasteiger partial charge in [0.1, 0.15) is 11.9 Å². The number of rotatable bonds is 7. The Morgan fingerprint density at radius 3 is 2.66 bits per heavy atom. The van der Waals surface area contributed by atoms with E-state index in [-0.39, 0.29) is 22.9 Å². The first-order valence-electron chi connectivity index (χ1n) is 10.6. The summed E-state index contributed by atoms with van der Waals surface area (Å²) in [6, 6.07) is 9.99. The first-order valence-corrected chi connectivity index (χ1v) is 11.8. The maximum absolute atomic E-state index is 14.2. The number of hydrogen-bond acceptors (Lipinski definition) is 3. The predicted molar refractivity (Wildman–Crippen MR) is 128 cm³/mol. The number of nitrogens with zero attached hydrogens (tertiary/aromatic N) is 3. The Balaban J connectivity index is 1.91. The number of amides is 1. The molecule has 2 aromatic rings. The molecule has 1 amide bonds. The minimum absolute atomic E-state index is 0.00779. The minimum atomic E-state index is -0.541. The number of anilines is 1. The lowest BCUT2D eigenvalue weighted by Gasteiger charge is -2.32. The van der Waals surface area contributed by atoms with Gasteiger partial charge in [0.25, 0.3) is 0 Å². The van der Waals surface area contributed by atoms with Crippen LogP contribution in [0.4, 0.5) is 10.1 Å². The van der Waals surface area contributed by atoms with E-state index in [0.717, 1.165) is 24.9 Å². The van der Waals surface area contributed by atoms with Crippen LogP contribution in [-0.2, 0) is 11.3 Å². The molecule has 0 aromatic heterocycles. The van der Waals surface area contributed by atoms with Crippen LogP contribution in [0.2, 0.25) is 15.1 Å². The van der Waals surface area contributed by atoms with Crippen molar-refractivity contribution in [1.82, 2.24) is 4.90 Å². The molecule has 4 nitrogen and oxygen atoms in total. The van der Waals surface area contributed by atoms with Crippen molar-refractivity contribution in [3.05, 3.63) is 62.3 Å². The highest BCUT2D eigenvalue weighted by molar-refractivity contribution is 6.35. The molecule has 0 N–H and O–H groups in total. The second-order valence-corrected chi connectivity index (χ2v) is 9.40. The molecule has 170 valence electrons. The van der Waals surface area contributed by atoms with Crippen LogP contribution in [-0.4, -0.2) is 29.9 Å². The molecule has 1 saturated heterocycles.